The van der Waals surface area contributed by atoms with E-state index in [1.807, 2.05) is 0 Å². The van der Waals surface area contributed by atoms with Gasteiger partial charge in [-0.05, 0) is 37.6 Å². The van der Waals surface area contributed by atoms with Gasteiger partial charge in [-0.3, -0.25) is 0 Å². The molecule has 1 aromatic carbocycles. The lowest BCUT2D eigenvalue weighted by Gasteiger charge is -2.44. The molecule has 2 heteroatoms. The van der Waals surface area contributed by atoms with Crippen LogP contribution in [0.3, 0.4) is 0 Å². The molecule has 0 bridgehead atoms. The number of benzene rings is 1. The second kappa shape index (κ2) is 5.64. The highest BCUT2D eigenvalue weighted by molar-refractivity contribution is 5.35. The molecule has 1 unspecified atom stereocenters. The summed E-state index contributed by atoms with van der Waals surface area (Å²) in [6, 6.07) is 8.97. The number of fused-ring (bicyclic) bond motifs is 3. The normalized spacial score (nSPS) is 30.7. The number of rotatable bonds is 3. The Morgan fingerprint density at radius 2 is 2.05 bits per heavy atom. The molecule has 3 rings (SSSR count). The van der Waals surface area contributed by atoms with Crippen molar-refractivity contribution in [3.8, 4) is 0 Å². The van der Waals surface area contributed by atoms with Gasteiger partial charge in [0.05, 0.1) is 12.2 Å². The Hall–Kier alpha value is -0.860. The smallest absolute Gasteiger partial charge is 0.0832 e. The Morgan fingerprint density at radius 3 is 2.84 bits per heavy atom. The lowest BCUT2D eigenvalue weighted by atomic mass is 9.80. The van der Waals surface area contributed by atoms with Crippen LogP contribution in [0.15, 0.2) is 24.3 Å². The minimum atomic E-state index is 0.323. The number of unbranched alkanes of at least 4 members (excludes halogenated alkanes) is 1. The van der Waals surface area contributed by atoms with Gasteiger partial charge in [-0.15, -0.1) is 0 Å². The van der Waals surface area contributed by atoms with Crippen LogP contribution in [0.2, 0.25) is 0 Å². The minimum Gasteiger partial charge on any atom is -0.368 e. The van der Waals surface area contributed by atoms with Crippen LogP contribution in [-0.2, 0) is 4.74 Å². The summed E-state index contributed by atoms with van der Waals surface area (Å²) in [6.07, 6.45) is 5.63. The van der Waals surface area contributed by atoms with E-state index >= 15 is 0 Å². The van der Waals surface area contributed by atoms with Gasteiger partial charge in [-0.25, -0.2) is 0 Å². The molecule has 0 spiro atoms. The van der Waals surface area contributed by atoms with Gasteiger partial charge in [0.1, 0.15) is 0 Å². The zero-order valence-corrected chi connectivity index (χ0v) is 12.1. The fraction of sp³-hybridized carbons (Fsp3) is 0.647. The summed E-state index contributed by atoms with van der Waals surface area (Å²) < 4.78 is 6.45. The second-order valence-corrected chi connectivity index (χ2v) is 6.09. The quantitative estimate of drug-likeness (QED) is 0.820. The molecule has 2 aliphatic heterocycles. The van der Waals surface area contributed by atoms with E-state index in [4.69, 9.17) is 4.74 Å². The van der Waals surface area contributed by atoms with Crippen molar-refractivity contribution in [3.05, 3.63) is 35.4 Å². The number of likely N-dealkylation sites (tertiary alicyclic amines) is 1. The third-order valence-corrected chi connectivity index (χ3v) is 4.66. The van der Waals surface area contributed by atoms with E-state index in [-0.39, 0.29) is 0 Å². The first-order valence-electron chi connectivity index (χ1n) is 7.72. The summed E-state index contributed by atoms with van der Waals surface area (Å²) in [4.78, 5) is 2.41. The fourth-order valence-electron chi connectivity index (χ4n) is 3.60. The Labute approximate surface area is 116 Å². The highest BCUT2D eigenvalue weighted by Crippen LogP contribution is 2.43. The molecule has 104 valence electrons. The Morgan fingerprint density at radius 1 is 1.26 bits per heavy atom. The van der Waals surface area contributed by atoms with Crippen molar-refractivity contribution in [2.75, 3.05) is 20.1 Å². The molecule has 2 nitrogen and oxygen atoms in total. The van der Waals surface area contributed by atoms with Gasteiger partial charge in [0, 0.05) is 12.5 Å². The number of nitrogens with zero attached hydrogens (tertiary/aromatic N) is 1. The summed E-state index contributed by atoms with van der Waals surface area (Å²) >= 11 is 0. The van der Waals surface area contributed by atoms with Crippen molar-refractivity contribution in [3.63, 3.8) is 0 Å². The molecule has 3 atom stereocenters. The van der Waals surface area contributed by atoms with Crippen LogP contribution >= 0.6 is 0 Å². The predicted molar refractivity (Wildman–Crippen MR) is 78.4 cm³/mol. The molecule has 0 N–H and O–H groups in total. The Balaban J connectivity index is 1.88. The first-order chi connectivity index (χ1) is 9.29. The number of ether oxygens (including phenoxy) is 1. The Kier molecular flexibility index (Phi) is 3.90. The Bertz CT molecular complexity index is 431. The number of hydrogen-bond acceptors (Lipinski definition) is 2. The first-order valence-corrected chi connectivity index (χ1v) is 7.72. The number of hydrogen-bond donors (Lipinski definition) is 0. The van der Waals surface area contributed by atoms with Crippen LogP contribution in [0.1, 0.15) is 55.8 Å². The van der Waals surface area contributed by atoms with E-state index < -0.39 is 0 Å². The highest BCUT2D eigenvalue weighted by atomic mass is 16.5. The lowest BCUT2D eigenvalue weighted by molar-refractivity contribution is -0.0740. The van der Waals surface area contributed by atoms with E-state index in [0.717, 1.165) is 6.54 Å². The van der Waals surface area contributed by atoms with Gasteiger partial charge >= 0.3 is 0 Å². The SMILES string of the molecule is CCCCC1O[C@H]2CN(C)CC[C@H]2c2ccccc21. The lowest BCUT2D eigenvalue weighted by Crippen LogP contribution is -2.45. The van der Waals surface area contributed by atoms with Gasteiger partial charge in [-0.1, -0.05) is 44.0 Å². The summed E-state index contributed by atoms with van der Waals surface area (Å²) in [6.45, 7) is 4.53. The van der Waals surface area contributed by atoms with E-state index in [9.17, 15) is 0 Å². The maximum atomic E-state index is 6.45. The maximum Gasteiger partial charge on any atom is 0.0832 e. The van der Waals surface area contributed by atoms with Gasteiger partial charge in [0.2, 0.25) is 0 Å². The van der Waals surface area contributed by atoms with Crippen molar-refractivity contribution in [1.82, 2.24) is 4.90 Å². The summed E-state index contributed by atoms with van der Waals surface area (Å²) in [5.41, 5.74) is 3.02. The minimum absolute atomic E-state index is 0.323. The van der Waals surface area contributed by atoms with Crippen LogP contribution < -0.4 is 0 Å². The number of piperidine rings is 1. The molecule has 0 radical (unpaired) electrons. The second-order valence-electron chi connectivity index (χ2n) is 6.09. The zero-order valence-electron chi connectivity index (χ0n) is 12.1. The van der Waals surface area contributed by atoms with Crippen molar-refractivity contribution in [2.24, 2.45) is 0 Å². The van der Waals surface area contributed by atoms with Crippen LogP contribution in [0, 0.1) is 0 Å². The first kappa shape index (κ1) is 13.1. The van der Waals surface area contributed by atoms with Gasteiger partial charge < -0.3 is 9.64 Å². The zero-order chi connectivity index (χ0) is 13.2. The van der Waals surface area contributed by atoms with Gasteiger partial charge in [-0.2, -0.15) is 0 Å². The van der Waals surface area contributed by atoms with Crippen LogP contribution in [0.5, 0.6) is 0 Å². The molecule has 2 heterocycles. The summed E-state index contributed by atoms with van der Waals surface area (Å²) in [7, 11) is 2.21. The van der Waals surface area contributed by atoms with E-state index in [0.29, 0.717) is 18.1 Å². The standard InChI is InChI=1S/C17H25NO/c1-3-4-9-16-14-8-6-5-7-13(14)15-10-11-18(2)12-17(15)19-16/h5-8,15-17H,3-4,9-12H2,1-2H3/t15-,16?,17-/m0/s1. The van der Waals surface area contributed by atoms with Crippen LogP contribution in [0.25, 0.3) is 0 Å². The van der Waals surface area contributed by atoms with Crippen LogP contribution in [0.4, 0.5) is 0 Å². The monoisotopic (exact) mass is 259 g/mol. The molecule has 0 aliphatic carbocycles. The molecule has 1 saturated heterocycles. The molecular weight excluding hydrogens is 234 g/mol. The van der Waals surface area contributed by atoms with Gasteiger partial charge in [0.15, 0.2) is 0 Å². The predicted octanol–water partition coefficient (Wildman–Crippen LogP) is 3.74. The van der Waals surface area contributed by atoms with Gasteiger partial charge in [0.25, 0.3) is 0 Å². The van der Waals surface area contributed by atoms with E-state index in [1.165, 1.54) is 37.8 Å². The summed E-state index contributed by atoms with van der Waals surface area (Å²) in [5, 5.41) is 0. The largest absolute Gasteiger partial charge is 0.368 e. The molecule has 1 aromatic rings. The topological polar surface area (TPSA) is 12.5 Å². The molecule has 2 aliphatic rings. The molecular formula is C17H25NO. The number of likely N-dealkylation sites (N-methyl/N-ethyl adjacent to an activating group) is 1. The van der Waals surface area contributed by atoms with E-state index in [2.05, 4.69) is 43.1 Å². The van der Waals surface area contributed by atoms with Crippen molar-refractivity contribution >= 4 is 0 Å². The average molecular weight is 259 g/mol. The molecule has 19 heavy (non-hydrogen) atoms. The molecule has 0 amide bonds. The van der Waals surface area contributed by atoms with Crippen LogP contribution in [-0.4, -0.2) is 31.1 Å². The average Bonchev–Trinajstić information content (AvgIpc) is 2.44. The third kappa shape index (κ3) is 2.56. The fourth-order valence-corrected chi connectivity index (χ4v) is 3.60. The van der Waals surface area contributed by atoms with Crippen molar-refractivity contribution in [2.45, 2.75) is 50.7 Å². The molecule has 0 saturated carbocycles. The van der Waals surface area contributed by atoms with Crippen molar-refractivity contribution < 1.29 is 4.74 Å². The third-order valence-electron chi connectivity index (χ3n) is 4.66. The molecule has 1 fully saturated rings. The maximum absolute atomic E-state index is 6.45. The molecule has 0 aromatic heterocycles. The van der Waals surface area contributed by atoms with E-state index in [1.54, 1.807) is 5.56 Å². The highest BCUT2D eigenvalue weighted by Gasteiger charge is 2.37. The van der Waals surface area contributed by atoms with Crippen molar-refractivity contribution in [1.29, 1.82) is 0 Å². The summed E-state index contributed by atoms with van der Waals surface area (Å²) in [5.74, 6) is 0.616.